The number of hydrogen-bond acceptors (Lipinski definition) is 0. The molecule has 0 aromatic heterocycles. The molecule has 0 heterocycles. The molecule has 110 valence electrons. The van der Waals surface area contributed by atoms with E-state index in [1.807, 2.05) is 0 Å². The third kappa shape index (κ3) is 2.74. The standard InChI is InChI=1S/C19H34/c1-4-5-10-19-13-16(19)9-7-6-8-15-12-17(15)18(19)11-14(2)3/h14-18H,4-13H2,1-3H3. The maximum absolute atomic E-state index is 2.45. The van der Waals surface area contributed by atoms with Crippen molar-refractivity contribution in [2.24, 2.45) is 35.0 Å². The van der Waals surface area contributed by atoms with E-state index in [1.54, 1.807) is 32.1 Å². The van der Waals surface area contributed by atoms with Crippen LogP contribution >= 0.6 is 0 Å². The molecule has 0 aromatic rings. The summed E-state index contributed by atoms with van der Waals surface area (Å²) in [4.78, 5) is 0. The van der Waals surface area contributed by atoms with Crippen LogP contribution in [-0.4, -0.2) is 0 Å². The molecule has 0 spiro atoms. The molecule has 5 unspecified atom stereocenters. The van der Waals surface area contributed by atoms with E-state index in [1.165, 1.54) is 32.1 Å². The fourth-order valence-corrected chi connectivity index (χ4v) is 5.48. The molecule has 19 heavy (non-hydrogen) atoms. The summed E-state index contributed by atoms with van der Waals surface area (Å²) in [6.45, 7) is 7.28. The highest BCUT2D eigenvalue weighted by molar-refractivity contribution is 5.11. The summed E-state index contributed by atoms with van der Waals surface area (Å²) in [7, 11) is 0. The van der Waals surface area contributed by atoms with Gasteiger partial charge in [-0.05, 0) is 67.1 Å². The van der Waals surface area contributed by atoms with Crippen LogP contribution < -0.4 is 0 Å². The fraction of sp³-hybridized carbons (Fsp3) is 1.00. The van der Waals surface area contributed by atoms with Crippen molar-refractivity contribution in [2.45, 2.75) is 85.0 Å². The lowest BCUT2D eigenvalue weighted by Crippen LogP contribution is -2.23. The van der Waals surface area contributed by atoms with E-state index >= 15 is 0 Å². The average molecular weight is 262 g/mol. The molecule has 0 amide bonds. The maximum atomic E-state index is 2.45. The van der Waals surface area contributed by atoms with E-state index in [-0.39, 0.29) is 0 Å². The van der Waals surface area contributed by atoms with Crippen molar-refractivity contribution < 1.29 is 0 Å². The average Bonchev–Trinajstić information content (AvgIpc) is 3.26. The summed E-state index contributed by atoms with van der Waals surface area (Å²) in [5.74, 6) is 5.42. The second-order valence-corrected chi connectivity index (χ2v) is 8.42. The van der Waals surface area contributed by atoms with Gasteiger partial charge in [-0.1, -0.05) is 52.9 Å². The molecule has 0 saturated heterocycles. The lowest BCUT2D eigenvalue weighted by atomic mass is 9.74. The minimum Gasteiger partial charge on any atom is -0.0654 e. The van der Waals surface area contributed by atoms with E-state index in [0.29, 0.717) is 0 Å². The number of rotatable bonds is 5. The third-order valence-corrected chi connectivity index (χ3v) is 6.61. The first kappa shape index (κ1) is 14.0. The van der Waals surface area contributed by atoms with Crippen LogP contribution in [-0.2, 0) is 0 Å². The van der Waals surface area contributed by atoms with Crippen LogP contribution in [0.1, 0.15) is 85.0 Å². The Bertz CT molecular complexity index is 305. The Hall–Kier alpha value is 0. The smallest absolute Gasteiger partial charge is 0.0235 e. The van der Waals surface area contributed by atoms with Gasteiger partial charge in [-0.3, -0.25) is 0 Å². The van der Waals surface area contributed by atoms with E-state index in [2.05, 4.69) is 20.8 Å². The first-order valence-corrected chi connectivity index (χ1v) is 9.17. The molecule has 3 aliphatic carbocycles. The van der Waals surface area contributed by atoms with Gasteiger partial charge in [0.15, 0.2) is 0 Å². The summed E-state index contributed by atoms with van der Waals surface area (Å²) in [5.41, 5.74) is 0.823. The maximum Gasteiger partial charge on any atom is -0.0235 e. The minimum absolute atomic E-state index is 0.823. The van der Waals surface area contributed by atoms with Crippen molar-refractivity contribution in [3.63, 3.8) is 0 Å². The predicted molar refractivity (Wildman–Crippen MR) is 83.1 cm³/mol. The SMILES string of the molecule is CCCCC12CC1CCCCC1CC1C2CC(C)C. The Morgan fingerprint density at radius 2 is 1.95 bits per heavy atom. The van der Waals surface area contributed by atoms with Crippen molar-refractivity contribution in [1.82, 2.24) is 0 Å². The van der Waals surface area contributed by atoms with Crippen LogP contribution in [0.3, 0.4) is 0 Å². The molecule has 3 fully saturated rings. The molecule has 0 aromatic carbocycles. The van der Waals surface area contributed by atoms with Gasteiger partial charge in [0.2, 0.25) is 0 Å². The second kappa shape index (κ2) is 5.41. The largest absolute Gasteiger partial charge is 0.0654 e. The molecule has 0 heteroatoms. The van der Waals surface area contributed by atoms with Gasteiger partial charge in [-0.15, -0.1) is 0 Å². The summed E-state index contributed by atoms with van der Waals surface area (Å²) in [6.07, 6.45) is 15.4. The van der Waals surface area contributed by atoms with Crippen LogP contribution in [0.25, 0.3) is 0 Å². The highest BCUT2D eigenvalue weighted by Gasteiger charge is 2.62. The number of fused-ring (bicyclic) bond motifs is 2. The molecule has 0 radical (unpaired) electrons. The Morgan fingerprint density at radius 3 is 2.68 bits per heavy atom. The zero-order chi connectivity index (χ0) is 13.5. The van der Waals surface area contributed by atoms with Crippen molar-refractivity contribution in [3.8, 4) is 0 Å². The molecule has 0 bridgehead atoms. The van der Waals surface area contributed by atoms with Crippen LogP contribution in [0.5, 0.6) is 0 Å². The van der Waals surface area contributed by atoms with Crippen LogP contribution in [0, 0.1) is 35.0 Å². The molecular formula is C19H34. The Kier molecular flexibility index (Phi) is 3.98. The third-order valence-electron chi connectivity index (χ3n) is 6.61. The first-order valence-electron chi connectivity index (χ1n) is 9.17. The lowest BCUT2D eigenvalue weighted by molar-refractivity contribution is 0.183. The van der Waals surface area contributed by atoms with Crippen LogP contribution in [0.15, 0.2) is 0 Å². The monoisotopic (exact) mass is 262 g/mol. The molecule has 5 atom stereocenters. The fourth-order valence-electron chi connectivity index (χ4n) is 5.48. The zero-order valence-corrected chi connectivity index (χ0v) is 13.5. The van der Waals surface area contributed by atoms with E-state index < -0.39 is 0 Å². The Labute approximate surface area is 120 Å². The second-order valence-electron chi connectivity index (χ2n) is 8.42. The van der Waals surface area contributed by atoms with E-state index in [9.17, 15) is 0 Å². The highest BCUT2D eigenvalue weighted by Crippen LogP contribution is 2.70. The van der Waals surface area contributed by atoms with Crippen molar-refractivity contribution in [2.75, 3.05) is 0 Å². The molecular weight excluding hydrogens is 228 g/mol. The van der Waals surface area contributed by atoms with Gasteiger partial charge in [0.05, 0.1) is 0 Å². The minimum atomic E-state index is 0.823. The van der Waals surface area contributed by atoms with Crippen LogP contribution in [0.4, 0.5) is 0 Å². The molecule has 3 saturated carbocycles. The van der Waals surface area contributed by atoms with Gasteiger partial charge in [-0.25, -0.2) is 0 Å². The summed E-state index contributed by atoms with van der Waals surface area (Å²) >= 11 is 0. The van der Waals surface area contributed by atoms with Crippen molar-refractivity contribution in [1.29, 1.82) is 0 Å². The summed E-state index contributed by atoms with van der Waals surface area (Å²) in [5, 5.41) is 0. The first-order chi connectivity index (χ1) is 9.17. The van der Waals surface area contributed by atoms with Crippen molar-refractivity contribution >= 4 is 0 Å². The van der Waals surface area contributed by atoms with Crippen LogP contribution in [0.2, 0.25) is 0 Å². The molecule has 0 nitrogen and oxygen atoms in total. The van der Waals surface area contributed by atoms with Gasteiger partial charge < -0.3 is 0 Å². The lowest BCUT2D eigenvalue weighted by Gasteiger charge is -2.31. The van der Waals surface area contributed by atoms with Gasteiger partial charge in [0.25, 0.3) is 0 Å². The molecule has 3 aliphatic rings. The topological polar surface area (TPSA) is 0 Å². The number of hydrogen-bond donors (Lipinski definition) is 0. The Balaban J connectivity index is 1.76. The molecule has 0 aliphatic heterocycles. The Morgan fingerprint density at radius 1 is 1.16 bits per heavy atom. The highest BCUT2D eigenvalue weighted by atomic mass is 14.7. The zero-order valence-electron chi connectivity index (χ0n) is 13.5. The predicted octanol–water partition coefficient (Wildman–Crippen LogP) is 6.06. The normalized spacial score (nSPS) is 44.8. The van der Waals surface area contributed by atoms with Gasteiger partial charge in [0, 0.05) is 0 Å². The van der Waals surface area contributed by atoms with Gasteiger partial charge >= 0.3 is 0 Å². The van der Waals surface area contributed by atoms with E-state index in [0.717, 1.165) is 35.0 Å². The molecule has 0 N–H and O–H groups in total. The molecule has 3 rings (SSSR count). The van der Waals surface area contributed by atoms with Crippen molar-refractivity contribution in [3.05, 3.63) is 0 Å². The quantitative estimate of drug-likeness (QED) is 0.565. The summed E-state index contributed by atoms with van der Waals surface area (Å²) < 4.78 is 0. The van der Waals surface area contributed by atoms with E-state index in [4.69, 9.17) is 0 Å². The number of unbranched alkanes of at least 4 members (excludes halogenated alkanes) is 1. The summed E-state index contributed by atoms with van der Waals surface area (Å²) in [6, 6.07) is 0. The van der Waals surface area contributed by atoms with Gasteiger partial charge in [-0.2, -0.15) is 0 Å². The van der Waals surface area contributed by atoms with Gasteiger partial charge in [0.1, 0.15) is 0 Å².